The standard InChI is InChI=1S/C37H64N2O5/c1-3-5-7-9-11-12-13-14-16-18-22-27-33(44-36(41)31-25-21-15-10-8-6-4-2)28-23-19-17-20-24-30-35(40)39-34(37(42)43)29-26-32-38/h5,7,11-12,14,16,22,27,33-34H,3-4,6,8-10,13,15,17-21,23-26,28-32,38H2,1-2H3,(H,39,40)(H,42,43)/b7-5-,12-11-,16-14-,27-22-. The molecule has 0 fully saturated rings. The number of esters is 1. The molecule has 0 aromatic rings. The SMILES string of the molecule is CC/C=C\C/C=C\C/C=C\C/C=C\C(CCCCCCCC(=O)NC(CCCN)C(=O)O)OC(=O)CCCCCCCCC. The van der Waals surface area contributed by atoms with Gasteiger partial charge in [0.25, 0.3) is 0 Å². The number of unbranched alkanes of at least 4 members (excludes halogenated alkanes) is 10. The highest BCUT2D eigenvalue weighted by molar-refractivity contribution is 5.83. The average molecular weight is 617 g/mol. The Morgan fingerprint density at radius 3 is 1.82 bits per heavy atom. The van der Waals surface area contributed by atoms with Crippen molar-refractivity contribution in [3.05, 3.63) is 48.6 Å². The molecule has 0 aromatic carbocycles. The molecule has 0 aliphatic rings. The molecule has 0 heterocycles. The first kappa shape index (κ1) is 41.3. The van der Waals surface area contributed by atoms with Crippen molar-refractivity contribution < 1.29 is 24.2 Å². The zero-order valence-electron chi connectivity index (χ0n) is 28.0. The molecule has 7 nitrogen and oxygen atoms in total. The van der Waals surface area contributed by atoms with Crippen LogP contribution in [0.5, 0.6) is 0 Å². The van der Waals surface area contributed by atoms with Crippen molar-refractivity contribution in [1.82, 2.24) is 5.32 Å². The summed E-state index contributed by atoms with van der Waals surface area (Å²) >= 11 is 0. The molecule has 0 bridgehead atoms. The van der Waals surface area contributed by atoms with E-state index in [1.807, 2.05) is 6.08 Å². The minimum atomic E-state index is -1.02. The summed E-state index contributed by atoms with van der Waals surface area (Å²) in [7, 11) is 0. The number of hydrogen-bond acceptors (Lipinski definition) is 5. The maximum absolute atomic E-state index is 12.5. The fourth-order valence-corrected chi connectivity index (χ4v) is 4.77. The summed E-state index contributed by atoms with van der Waals surface area (Å²) in [5, 5.41) is 11.9. The zero-order chi connectivity index (χ0) is 32.5. The van der Waals surface area contributed by atoms with Gasteiger partial charge >= 0.3 is 11.9 Å². The summed E-state index contributed by atoms with van der Waals surface area (Å²) in [5.74, 6) is -1.34. The van der Waals surface area contributed by atoms with E-state index in [0.29, 0.717) is 32.2 Å². The number of rotatable bonds is 30. The van der Waals surface area contributed by atoms with E-state index in [9.17, 15) is 19.5 Å². The van der Waals surface area contributed by atoms with Crippen LogP contribution in [-0.2, 0) is 19.1 Å². The first-order valence-corrected chi connectivity index (χ1v) is 17.5. The van der Waals surface area contributed by atoms with Crippen LogP contribution in [0.2, 0.25) is 0 Å². The number of allylic oxidation sites excluding steroid dienone is 7. The molecule has 44 heavy (non-hydrogen) atoms. The number of nitrogens with one attached hydrogen (secondary N) is 1. The lowest BCUT2D eigenvalue weighted by atomic mass is 10.1. The smallest absolute Gasteiger partial charge is 0.326 e. The van der Waals surface area contributed by atoms with Crippen molar-refractivity contribution in [2.24, 2.45) is 5.73 Å². The first-order valence-electron chi connectivity index (χ1n) is 17.5. The summed E-state index contributed by atoms with van der Waals surface area (Å²) in [6.07, 6.45) is 36.0. The quantitative estimate of drug-likeness (QED) is 0.0421. The molecule has 0 spiro atoms. The molecular weight excluding hydrogens is 552 g/mol. The third-order valence-electron chi connectivity index (χ3n) is 7.39. The van der Waals surface area contributed by atoms with Crippen molar-refractivity contribution in [2.45, 2.75) is 161 Å². The van der Waals surface area contributed by atoms with E-state index in [0.717, 1.165) is 77.0 Å². The van der Waals surface area contributed by atoms with Gasteiger partial charge in [-0.3, -0.25) is 9.59 Å². The monoisotopic (exact) mass is 616 g/mol. The average Bonchev–Trinajstić information content (AvgIpc) is 3.00. The van der Waals surface area contributed by atoms with Gasteiger partial charge in [-0.25, -0.2) is 4.79 Å². The Hall–Kier alpha value is -2.67. The topological polar surface area (TPSA) is 119 Å². The minimum Gasteiger partial charge on any atom is -0.480 e. The number of amides is 1. The van der Waals surface area contributed by atoms with Gasteiger partial charge in [-0.1, -0.05) is 114 Å². The molecule has 0 radical (unpaired) electrons. The number of carboxylic acids is 1. The van der Waals surface area contributed by atoms with Gasteiger partial charge in [0, 0.05) is 12.8 Å². The van der Waals surface area contributed by atoms with Crippen LogP contribution in [0.3, 0.4) is 0 Å². The normalized spacial score (nSPS) is 13.3. The molecule has 252 valence electrons. The van der Waals surface area contributed by atoms with Crippen LogP contribution in [0, 0.1) is 0 Å². The van der Waals surface area contributed by atoms with Crippen LogP contribution in [0.15, 0.2) is 48.6 Å². The third kappa shape index (κ3) is 28.1. The van der Waals surface area contributed by atoms with E-state index >= 15 is 0 Å². The van der Waals surface area contributed by atoms with Gasteiger partial charge in [-0.05, 0) is 76.8 Å². The van der Waals surface area contributed by atoms with Crippen molar-refractivity contribution in [3.63, 3.8) is 0 Å². The lowest BCUT2D eigenvalue weighted by molar-refractivity contribution is -0.147. The molecule has 0 aliphatic heterocycles. The van der Waals surface area contributed by atoms with E-state index in [-0.39, 0.29) is 18.0 Å². The fourth-order valence-electron chi connectivity index (χ4n) is 4.77. The number of nitrogens with two attached hydrogens (primary N) is 1. The molecular formula is C37H64N2O5. The minimum absolute atomic E-state index is 0.108. The zero-order valence-corrected chi connectivity index (χ0v) is 28.0. The molecule has 0 aliphatic carbocycles. The largest absolute Gasteiger partial charge is 0.480 e. The summed E-state index contributed by atoms with van der Waals surface area (Å²) in [4.78, 5) is 36.0. The van der Waals surface area contributed by atoms with Crippen molar-refractivity contribution in [2.75, 3.05) is 6.54 Å². The highest BCUT2D eigenvalue weighted by Gasteiger charge is 2.18. The third-order valence-corrected chi connectivity index (χ3v) is 7.39. The van der Waals surface area contributed by atoms with Crippen LogP contribution in [0.4, 0.5) is 0 Å². The predicted molar refractivity (Wildman–Crippen MR) is 183 cm³/mol. The van der Waals surface area contributed by atoms with Crippen molar-refractivity contribution in [3.8, 4) is 0 Å². The molecule has 4 N–H and O–H groups in total. The highest BCUT2D eigenvalue weighted by Crippen LogP contribution is 2.15. The number of carboxylic acid groups (broad SMARTS) is 1. The summed E-state index contributed by atoms with van der Waals surface area (Å²) in [6.45, 7) is 4.76. The summed E-state index contributed by atoms with van der Waals surface area (Å²) in [5.41, 5.74) is 5.45. The van der Waals surface area contributed by atoms with Gasteiger partial charge < -0.3 is 20.9 Å². The lowest BCUT2D eigenvalue weighted by Gasteiger charge is -2.15. The van der Waals surface area contributed by atoms with E-state index in [1.165, 1.54) is 32.1 Å². The predicted octanol–water partition coefficient (Wildman–Crippen LogP) is 8.88. The van der Waals surface area contributed by atoms with Gasteiger partial charge in [0.2, 0.25) is 5.91 Å². The molecule has 0 rings (SSSR count). The van der Waals surface area contributed by atoms with Crippen LogP contribution < -0.4 is 11.1 Å². The van der Waals surface area contributed by atoms with E-state index < -0.39 is 12.0 Å². The Labute approximate surface area is 268 Å². The van der Waals surface area contributed by atoms with E-state index in [4.69, 9.17) is 10.5 Å². The van der Waals surface area contributed by atoms with Crippen LogP contribution in [-0.4, -0.2) is 41.6 Å². The maximum Gasteiger partial charge on any atom is 0.326 e. The van der Waals surface area contributed by atoms with Crippen LogP contribution in [0.25, 0.3) is 0 Å². The highest BCUT2D eigenvalue weighted by atomic mass is 16.5. The Balaban J connectivity index is 4.49. The van der Waals surface area contributed by atoms with Crippen LogP contribution in [0.1, 0.15) is 149 Å². The Kier molecular flexibility index (Phi) is 29.8. The van der Waals surface area contributed by atoms with Crippen molar-refractivity contribution >= 4 is 17.8 Å². The molecule has 0 saturated carbocycles. The maximum atomic E-state index is 12.5. The summed E-state index contributed by atoms with van der Waals surface area (Å²) < 4.78 is 5.85. The molecule has 1 amide bonds. The van der Waals surface area contributed by atoms with Gasteiger partial charge in [0.15, 0.2) is 0 Å². The Morgan fingerprint density at radius 1 is 0.682 bits per heavy atom. The lowest BCUT2D eigenvalue weighted by Crippen LogP contribution is -2.40. The second-order valence-corrected chi connectivity index (χ2v) is 11.6. The number of ether oxygens (including phenoxy) is 1. The fraction of sp³-hybridized carbons (Fsp3) is 0.703. The van der Waals surface area contributed by atoms with Crippen molar-refractivity contribution in [1.29, 1.82) is 0 Å². The van der Waals surface area contributed by atoms with Gasteiger partial charge in [0.05, 0.1) is 0 Å². The molecule has 0 saturated heterocycles. The first-order chi connectivity index (χ1) is 21.4. The van der Waals surface area contributed by atoms with Crippen LogP contribution >= 0.6 is 0 Å². The number of carbonyl (C=O) groups excluding carboxylic acids is 2. The second kappa shape index (κ2) is 31.7. The molecule has 0 aromatic heterocycles. The Bertz CT molecular complexity index is 834. The van der Waals surface area contributed by atoms with E-state index in [2.05, 4.69) is 61.7 Å². The van der Waals surface area contributed by atoms with E-state index in [1.54, 1.807) is 0 Å². The number of carbonyl (C=O) groups is 3. The Morgan fingerprint density at radius 2 is 1.23 bits per heavy atom. The van der Waals surface area contributed by atoms with Gasteiger partial charge in [-0.15, -0.1) is 0 Å². The number of hydrogen-bond donors (Lipinski definition) is 3. The van der Waals surface area contributed by atoms with Gasteiger partial charge in [-0.2, -0.15) is 0 Å². The molecule has 2 unspecified atom stereocenters. The second-order valence-electron chi connectivity index (χ2n) is 11.6. The van der Waals surface area contributed by atoms with Gasteiger partial charge in [0.1, 0.15) is 12.1 Å². The molecule has 2 atom stereocenters. The molecule has 7 heteroatoms. The number of aliphatic carboxylic acids is 1. The summed E-state index contributed by atoms with van der Waals surface area (Å²) in [6, 6.07) is -0.866.